The van der Waals surface area contributed by atoms with Gasteiger partial charge in [-0.1, -0.05) is 0 Å². The van der Waals surface area contributed by atoms with Gasteiger partial charge in [0.05, 0.1) is 6.54 Å². The second-order valence-electron chi connectivity index (χ2n) is 0.979. The van der Waals surface area contributed by atoms with Crippen molar-refractivity contribution >= 4 is 17.3 Å². The summed E-state index contributed by atoms with van der Waals surface area (Å²) in [5.74, 6) is 0. The molecular weight excluding hydrogens is 117 g/mol. The molecule has 0 aliphatic rings. The zero-order valence-corrected chi connectivity index (χ0v) is 4.72. The number of likely N-dealkylation sites (N-methyl/N-ethyl adjacent to an activating group) is 1. The van der Waals surface area contributed by atoms with Gasteiger partial charge in [0.1, 0.15) is 12.1 Å². The minimum Gasteiger partial charge on any atom is -0.312 e. The van der Waals surface area contributed by atoms with Crippen molar-refractivity contribution in [2.75, 3.05) is 13.6 Å². The van der Waals surface area contributed by atoms with Crippen molar-refractivity contribution in [2.45, 2.75) is 0 Å². The molecule has 42 valence electrons. The summed E-state index contributed by atoms with van der Waals surface area (Å²) in [7, 11) is 1.59. The molecule has 0 saturated heterocycles. The highest BCUT2D eigenvalue weighted by Gasteiger charge is 1.96. The second-order valence-corrected chi connectivity index (χ2v) is 1.59. The number of carbonyl (C=O) groups is 1. The number of halogens is 1. The largest absolute Gasteiger partial charge is 0.312 e. The molecule has 2 nitrogen and oxygen atoms in total. The SMILES string of the molecule is CNCC(=O)SF. The molecule has 0 fully saturated rings. The zero-order valence-electron chi connectivity index (χ0n) is 3.90. The van der Waals surface area contributed by atoms with Crippen molar-refractivity contribution in [3.05, 3.63) is 0 Å². The van der Waals surface area contributed by atoms with E-state index >= 15 is 0 Å². The number of nitrogens with one attached hydrogen (secondary N) is 1. The summed E-state index contributed by atoms with van der Waals surface area (Å²) < 4.78 is 11.1. The fourth-order valence-corrected chi connectivity index (χ4v) is 0.371. The first-order chi connectivity index (χ1) is 3.31. The summed E-state index contributed by atoms with van der Waals surface area (Å²) in [6.07, 6.45) is 0. The first-order valence-corrected chi connectivity index (χ1v) is 2.49. The topological polar surface area (TPSA) is 29.1 Å². The Balaban J connectivity index is 3.00. The van der Waals surface area contributed by atoms with Crippen LogP contribution in [-0.2, 0) is 4.79 Å². The summed E-state index contributed by atoms with van der Waals surface area (Å²) >= 11 is -0.252. The molecule has 1 N–H and O–H groups in total. The molecule has 4 heteroatoms. The monoisotopic (exact) mass is 123 g/mol. The summed E-state index contributed by atoms with van der Waals surface area (Å²) in [5, 5.41) is 2.02. The normalized spacial score (nSPS) is 8.86. The van der Waals surface area contributed by atoms with Crippen LogP contribution in [0.2, 0.25) is 0 Å². The van der Waals surface area contributed by atoms with Gasteiger partial charge < -0.3 is 5.32 Å². The van der Waals surface area contributed by atoms with Gasteiger partial charge in [0, 0.05) is 0 Å². The maximum absolute atomic E-state index is 11.1. The molecule has 0 rings (SSSR count). The van der Waals surface area contributed by atoms with Crippen molar-refractivity contribution in [3.63, 3.8) is 0 Å². The lowest BCUT2D eigenvalue weighted by molar-refractivity contribution is -0.110. The summed E-state index contributed by atoms with van der Waals surface area (Å²) in [5.41, 5.74) is 0. The first-order valence-electron chi connectivity index (χ1n) is 1.77. The smallest absolute Gasteiger partial charge is 0.234 e. The third-order valence-electron chi connectivity index (χ3n) is 0.407. The van der Waals surface area contributed by atoms with E-state index in [0.29, 0.717) is 0 Å². The van der Waals surface area contributed by atoms with Gasteiger partial charge in [-0.05, 0) is 7.05 Å². The van der Waals surface area contributed by atoms with Crippen LogP contribution in [0, 0.1) is 0 Å². The van der Waals surface area contributed by atoms with Crippen LogP contribution in [0.25, 0.3) is 0 Å². The van der Waals surface area contributed by atoms with Crippen LogP contribution in [0.5, 0.6) is 0 Å². The van der Waals surface area contributed by atoms with Crippen LogP contribution in [0.4, 0.5) is 3.89 Å². The first kappa shape index (κ1) is 6.91. The van der Waals surface area contributed by atoms with Crippen molar-refractivity contribution in [3.8, 4) is 0 Å². The van der Waals surface area contributed by atoms with Gasteiger partial charge in [0.2, 0.25) is 5.12 Å². The van der Waals surface area contributed by atoms with Crippen LogP contribution in [0.15, 0.2) is 0 Å². The van der Waals surface area contributed by atoms with Crippen molar-refractivity contribution < 1.29 is 8.68 Å². The van der Waals surface area contributed by atoms with E-state index in [2.05, 4.69) is 5.32 Å². The van der Waals surface area contributed by atoms with E-state index < -0.39 is 5.12 Å². The van der Waals surface area contributed by atoms with Gasteiger partial charge in [0.25, 0.3) is 0 Å². The predicted octanol–water partition coefficient (Wildman–Crippen LogP) is 0.350. The maximum atomic E-state index is 11.1. The predicted molar refractivity (Wildman–Crippen MR) is 27.6 cm³/mol. The number of carbonyl (C=O) groups excluding carboxylic acids is 1. The second kappa shape index (κ2) is 4.08. The van der Waals surface area contributed by atoms with Gasteiger partial charge in [-0.2, -0.15) is 3.89 Å². The fourth-order valence-electron chi connectivity index (χ4n) is 0.172. The molecule has 0 amide bonds. The van der Waals surface area contributed by atoms with Crippen LogP contribution < -0.4 is 5.32 Å². The lowest BCUT2D eigenvalue weighted by atomic mass is 10.7. The molecule has 0 aromatic heterocycles. The lowest BCUT2D eigenvalue weighted by Crippen LogP contribution is -2.14. The molecule has 0 aromatic carbocycles. The molecule has 0 atom stereocenters. The Morgan fingerprint density at radius 3 is 2.71 bits per heavy atom. The third-order valence-corrected chi connectivity index (χ3v) is 0.724. The van der Waals surface area contributed by atoms with Gasteiger partial charge in [0.15, 0.2) is 0 Å². The Hall–Kier alpha value is -0.0900. The van der Waals surface area contributed by atoms with Crippen molar-refractivity contribution in [2.24, 2.45) is 0 Å². The Kier molecular flexibility index (Phi) is 4.03. The van der Waals surface area contributed by atoms with Gasteiger partial charge in [-0.15, -0.1) is 0 Å². The molecule has 0 unspecified atom stereocenters. The zero-order chi connectivity index (χ0) is 5.70. The number of hydrogen-bond acceptors (Lipinski definition) is 3. The molecule has 0 radical (unpaired) electrons. The van der Waals surface area contributed by atoms with E-state index in [9.17, 15) is 8.68 Å². The summed E-state index contributed by atoms with van der Waals surface area (Å²) in [6, 6.07) is 0. The van der Waals surface area contributed by atoms with Gasteiger partial charge in [-0.3, -0.25) is 4.79 Å². The molecule has 0 bridgehead atoms. The van der Waals surface area contributed by atoms with E-state index in [1.54, 1.807) is 7.05 Å². The molecule has 7 heavy (non-hydrogen) atoms. The highest BCUT2D eigenvalue weighted by atomic mass is 32.2. The summed E-state index contributed by atoms with van der Waals surface area (Å²) in [4.78, 5) is 9.94. The Bertz CT molecular complexity index is 68.0. The van der Waals surface area contributed by atoms with E-state index in [0.717, 1.165) is 0 Å². The Morgan fingerprint density at radius 1 is 2.00 bits per heavy atom. The highest BCUT2D eigenvalue weighted by molar-refractivity contribution is 8.09. The highest BCUT2D eigenvalue weighted by Crippen LogP contribution is 1.98. The maximum Gasteiger partial charge on any atom is 0.234 e. The molecular formula is C3H6FNOS. The molecule has 0 aromatic rings. The third kappa shape index (κ3) is 3.75. The average molecular weight is 123 g/mol. The number of hydrogen-bond donors (Lipinski definition) is 1. The Morgan fingerprint density at radius 2 is 2.57 bits per heavy atom. The van der Waals surface area contributed by atoms with Crippen molar-refractivity contribution in [1.29, 1.82) is 0 Å². The van der Waals surface area contributed by atoms with E-state index in [4.69, 9.17) is 0 Å². The quantitative estimate of drug-likeness (QED) is 0.574. The van der Waals surface area contributed by atoms with Crippen LogP contribution >= 0.6 is 12.1 Å². The van der Waals surface area contributed by atoms with Crippen molar-refractivity contribution in [1.82, 2.24) is 5.32 Å². The van der Waals surface area contributed by atoms with E-state index in [-0.39, 0.29) is 18.7 Å². The average Bonchev–Trinajstić information content (AvgIpc) is 1.68. The van der Waals surface area contributed by atoms with Gasteiger partial charge >= 0.3 is 0 Å². The standard InChI is InChI=1S/C3H6FNOS/c1-5-2-3(6)7-4/h5H,2H2,1H3. The van der Waals surface area contributed by atoms with Crippen LogP contribution in [0.3, 0.4) is 0 Å². The minimum absolute atomic E-state index is 0.0984. The minimum atomic E-state index is -0.484. The Labute approximate surface area is 45.8 Å². The van der Waals surface area contributed by atoms with Crippen LogP contribution in [-0.4, -0.2) is 18.7 Å². The molecule has 0 heterocycles. The van der Waals surface area contributed by atoms with Crippen LogP contribution in [0.1, 0.15) is 0 Å². The summed E-state index contributed by atoms with van der Waals surface area (Å²) in [6.45, 7) is 0.0984. The molecule has 0 aliphatic carbocycles. The lowest BCUT2D eigenvalue weighted by Gasteiger charge is -1.86. The number of rotatable bonds is 2. The molecule has 0 saturated carbocycles. The van der Waals surface area contributed by atoms with Gasteiger partial charge in [-0.25, -0.2) is 0 Å². The fraction of sp³-hybridized carbons (Fsp3) is 0.667. The molecule has 0 aliphatic heterocycles. The van der Waals surface area contributed by atoms with E-state index in [1.165, 1.54) is 0 Å². The molecule has 0 spiro atoms. The van der Waals surface area contributed by atoms with E-state index in [1.807, 2.05) is 0 Å².